The smallest absolute Gasteiger partial charge is 0.196 e. The van der Waals surface area contributed by atoms with E-state index < -0.39 is 0 Å². The molecule has 0 aliphatic rings. The molecule has 0 radical (unpaired) electrons. The number of fused-ring (bicyclic) bond motifs is 3. The summed E-state index contributed by atoms with van der Waals surface area (Å²) in [5.41, 5.74) is 5.92. The fourth-order valence-electron chi connectivity index (χ4n) is 3.33. The van der Waals surface area contributed by atoms with Gasteiger partial charge in [-0.1, -0.05) is 12.1 Å². The van der Waals surface area contributed by atoms with Crippen molar-refractivity contribution in [3.63, 3.8) is 0 Å². The molecule has 4 rings (SSSR count). The molecule has 0 spiro atoms. The number of para-hydroxylation sites is 1. The van der Waals surface area contributed by atoms with Crippen molar-refractivity contribution in [1.29, 1.82) is 0 Å². The highest BCUT2D eigenvalue weighted by Crippen LogP contribution is 2.30. The number of rotatable bonds is 4. The maximum Gasteiger partial charge on any atom is 0.196 e. The van der Waals surface area contributed by atoms with Crippen LogP contribution in [0.2, 0.25) is 0 Å². The third-order valence-corrected chi connectivity index (χ3v) is 4.71. The van der Waals surface area contributed by atoms with Crippen LogP contribution in [-0.2, 0) is 13.5 Å². The van der Waals surface area contributed by atoms with Crippen molar-refractivity contribution in [2.24, 2.45) is 7.05 Å². The Hall–Kier alpha value is -2.89. The molecule has 0 saturated carbocycles. The summed E-state index contributed by atoms with van der Waals surface area (Å²) in [7, 11) is 1.98. The van der Waals surface area contributed by atoms with Crippen LogP contribution in [0.5, 0.6) is 0 Å². The van der Waals surface area contributed by atoms with E-state index in [9.17, 15) is 0 Å². The number of nitrogens with zero attached hydrogens (tertiary/aromatic N) is 4. The lowest BCUT2D eigenvalue weighted by Crippen LogP contribution is -2.19. The van der Waals surface area contributed by atoms with Crippen molar-refractivity contribution in [2.75, 3.05) is 5.32 Å². The molecule has 1 N–H and O–H groups in total. The summed E-state index contributed by atoms with van der Waals surface area (Å²) in [6.45, 7) is 6.30. The summed E-state index contributed by atoms with van der Waals surface area (Å²) in [6, 6.07) is 8.11. The maximum absolute atomic E-state index is 5.98. The van der Waals surface area contributed by atoms with Crippen LogP contribution in [0.1, 0.15) is 23.9 Å². The lowest BCUT2D eigenvalue weighted by molar-refractivity contribution is 0.663. The van der Waals surface area contributed by atoms with Crippen molar-refractivity contribution < 1.29 is 4.42 Å². The van der Waals surface area contributed by atoms with Crippen molar-refractivity contribution >= 4 is 27.9 Å². The average molecular weight is 335 g/mol. The van der Waals surface area contributed by atoms with Crippen molar-refractivity contribution in [2.45, 2.75) is 33.2 Å². The predicted molar refractivity (Wildman–Crippen MR) is 98.8 cm³/mol. The van der Waals surface area contributed by atoms with E-state index in [2.05, 4.69) is 41.2 Å². The van der Waals surface area contributed by atoms with E-state index in [0.717, 1.165) is 34.4 Å². The van der Waals surface area contributed by atoms with Crippen LogP contribution in [0.3, 0.4) is 0 Å². The zero-order valence-electron chi connectivity index (χ0n) is 14.9. The normalized spacial score (nSPS) is 12.8. The summed E-state index contributed by atoms with van der Waals surface area (Å²) >= 11 is 0. The second-order valence-corrected chi connectivity index (χ2v) is 6.52. The van der Waals surface area contributed by atoms with Crippen molar-refractivity contribution in [1.82, 2.24) is 19.7 Å². The Morgan fingerprint density at radius 3 is 2.76 bits per heavy atom. The molecular formula is C19H21N5O. The second-order valence-electron chi connectivity index (χ2n) is 6.52. The first-order chi connectivity index (χ1) is 12.0. The molecule has 1 unspecified atom stereocenters. The minimum absolute atomic E-state index is 0.188. The molecule has 0 saturated heterocycles. The molecule has 0 fully saturated rings. The lowest BCUT2D eigenvalue weighted by Gasteiger charge is -2.14. The molecule has 0 bridgehead atoms. The Bertz CT molecular complexity index is 1060. The number of aryl methyl sites for hydroxylation is 2. The molecule has 0 aliphatic carbocycles. The Morgan fingerprint density at radius 1 is 1.20 bits per heavy atom. The van der Waals surface area contributed by atoms with E-state index in [1.165, 1.54) is 11.3 Å². The SMILES string of the molecule is Cc1nn(C)c(C)c1CC(C)Nc1ncnc2c1oc1ccccc12. The molecular weight excluding hydrogens is 314 g/mol. The number of benzene rings is 1. The van der Waals surface area contributed by atoms with Crippen LogP contribution in [0, 0.1) is 13.8 Å². The number of hydrogen-bond donors (Lipinski definition) is 1. The molecule has 3 heterocycles. The predicted octanol–water partition coefficient (Wildman–Crippen LogP) is 3.77. The van der Waals surface area contributed by atoms with Gasteiger partial charge in [0, 0.05) is 24.2 Å². The average Bonchev–Trinajstić information content (AvgIpc) is 3.08. The number of furan rings is 1. The van der Waals surface area contributed by atoms with Crippen LogP contribution in [-0.4, -0.2) is 25.8 Å². The molecule has 128 valence electrons. The zero-order chi connectivity index (χ0) is 17.6. The Balaban J connectivity index is 1.66. The van der Waals surface area contributed by atoms with E-state index in [1.807, 2.05) is 36.0 Å². The highest BCUT2D eigenvalue weighted by molar-refractivity contribution is 6.05. The van der Waals surface area contributed by atoms with Gasteiger partial charge in [-0.3, -0.25) is 4.68 Å². The first-order valence-corrected chi connectivity index (χ1v) is 8.42. The summed E-state index contributed by atoms with van der Waals surface area (Å²) in [5.74, 6) is 0.730. The quantitative estimate of drug-likeness (QED) is 0.615. The van der Waals surface area contributed by atoms with Crippen molar-refractivity contribution in [3.8, 4) is 0 Å². The third kappa shape index (κ3) is 2.63. The number of nitrogens with one attached hydrogen (secondary N) is 1. The van der Waals surface area contributed by atoms with Crippen LogP contribution in [0.15, 0.2) is 35.0 Å². The largest absolute Gasteiger partial charge is 0.450 e. The summed E-state index contributed by atoms with van der Waals surface area (Å²) in [5, 5.41) is 8.98. The molecule has 1 atom stereocenters. The van der Waals surface area contributed by atoms with E-state index >= 15 is 0 Å². The summed E-state index contributed by atoms with van der Waals surface area (Å²) in [4.78, 5) is 8.79. The lowest BCUT2D eigenvalue weighted by atomic mass is 10.1. The van der Waals surface area contributed by atoms with Gasteiger partial charge in [0.25, 0.3) is 0 Å². The minimum atomic E-state index is 0.188. The van der Waals surface area contributed by atoms with E-state index in [4.69, 9.17) is 4.42 Å². The van der Waals surface area contributed by atoms with Gasteiger partial charge in [-0.15, -0.1) is 0 Å². The van der Waals surface area contributed by atoms with Gasteiger partial charge in [-0.2, -0.15) is 5.10 Å². The molecule has 3 aromatic heterocycles. The van der Waals surface area contributed by atoms with Gasteiger partial charge >= 0.3 is 0 Å². The highest BCUT2D eigenvalue weighted by atomic mass is 16.3. The van der Waals surface area contributed by atoms with Crippen LogP contribution >= 0.6 is 0 Å². The maximum atomic E-state index is 5.98. The van der Waals surface area contributed by atoms with Gasteiger partial charge in [0.2, 0.25) is 0 Å². The Morgan fingerprint density at radius 2 is 2.00 bits per heavy atom. The van der Waals surface area contributed by atoms with Gasteiger partial charge < -0.3 is 9.73 Å². The monoisotopic (exact) mass is 335 g/mol. The topological polar surface area (TPSA) is 68.8 Å². The van der Waals surface area contributed by atoms with Gasteiger partial charge in [0.1, 0.15) is 17.4 Å². The summed E-state index contributed by atoms with van der Waals surface area (Å²) < 4.78 is 7.91. The van der Waals surface area contributed by atoms with Crippen LogP contribution in [0.4, 0.5) is 5.82 Å². The Kier molecular flexibility index (Phi) is 3.67. The van der Waals surface area contributed by atoms with Crippen LogP contribution in [0.25, 0.3) is 22.1 Å². The fourth-order valence-corrected chi connectivity index (χ4v) is 3.33. The first kappa shape index (κ1) is 15.6. The molecule has 6 nitrogen and oxygen atoms in total. The van der Waals surface area contributed by atoms with E-state index in [-0.39, 0.29) is 6.04 Å². The number of aromatic nitrogens is 4. The van der Waals surface area contributed by atoms with E-state index in [1.54, 1.807) is 6.33 Å². The molecule has 0 amide bonds. The zero-order valence-corrected chi connectivity index (χ0v) is 14.9. The first-order valence-electron chi connectivity index (χ1n) is 8.42. The van der Waals surface area contributed by atoms with Crippen molar-refractivity contribution in [3.05, 3.63) is 47.5 Å². The number of anilines is 1. The van der Waals surface area contributed by atoms with Gasteiger partial charge in [0.15, 0.2) is 11.4 Å². The fraction of sp³-hybridized carbons (Fsp3) is 0.316. The second kappa shape index (κ2) is 5.88. The molecule has 1 aromatic carbocycles. The molecule has 25 heavy (non-hydrogen) atoms. The highest BCUT2D eigenvalue weighted by Gasteiger charge is 2.17. The van der Waals surface area contributed by atoms with Gasteiger partial charge in [-0.05, 0) is 44.9 Å². The summed E-state index contributed by atoms with van der Waals surface area (Å²) in [6.07, 6.45) is 2.46. The van der Waals surface area contributed by atoms with Crippen LogP contribution < -0.4 is 5.32 Å². The molecule has 6 heteroatoms. The van der Waals surface area contributed by atoms with E-state index in [0.29, 0.717) is 5.58 Å². The number of hydrogen-bond acceptors (Lipinski definition) is 5. The Labute approximate surface area is 145 Å². The third-order valence-electron chi connectivity index (χ3n) is 4.71. The minimum Gasteiger partial charge on any atom is -0.450 e. The standard InChI is InChI=1S/C19H21N5O/c1-11(9-15-12(2)23-24(4)13(15)3)22-19-18-17(20-10-21-19)14-7-5-6-8-16(14)25-18/h5-8,10-11H,9H2,1-4H3,(H,20,21,22). The van der Waals surface area contributed by atoms with Gasteiger partial charge in [-0.25, -0.2) is 9.97 Å². The molecule has 0 aliphatic heterocycles. The molecule has 4 aromatic rings. The van der Waals surface area contributed by atoms with Gasteiger partial charge in [0.05, 0.1) is 5.69 Å².